The Kier molecular flexibility index (Phi) is 3.66. The number of halogens is 1. The predicted molar refractivity (Wildman–Crippen MR) is 76.1 cm³/mol. The van der Waals surface area contributed by atoms with Crippen LogP contribution in [0.1, 0.15) is 25.7 Å². The monoisotopic (exact) mass is 344 g/mol. The molecule has 3 rings (SSSR count). The van der Waals surface area contributed by atoms with Crippen molar-refractivity contribution in [3.05, 3.63) is 22.9 Å². The van der Waals surface area contributed by atoms with Gasteiger partial charge in [-0.2, -0.15) is 0 Å². The molecule has 104 valence electrons. The molecule has 2 fully saturated rings. The normalized spacial score (nSPS) is 19.9. The van der Waals surface area contributed by atoms with E-state index in [-0.39, 0.29) is 4.90 Å². The fourth-order valence-corrected chi connectivity index (χ4v) is 4.17. The first-order valence-electron chi connectivity index (χ1n) is 6.66. The Morgan fingerprint density at radius 1 is 1.26 bits per heavy atom. The van der Waals surface area contributed by atoms with Crippen molar-refractivity contribution >= 4 is 26.0 Å². The Balaban J connectivity index is 1.67. The number of sulfonamides is 1. The van der Waals surface area contributed by atoms with Gasteiger partial charge in [0.2, 0.25) is 10.0 Å². The van der Waals surface area contributed by atoms with Crippen molar-refractivity contribution in [1.29, 1.82) is 0 Å². The topological polar surface area (TPSA) is 59.1 Å². The fraction of sp³-hybridized carbons (Fsp3) is 0.615. The molecule has 1 aromatic rings. The summed E-state index contributed by atoms with van der Waals surface area (Å²) >= 11 is 3.25. The molecule has 0 saturated heterocycles. The van der Waals surface area contributed by atoms with Gasteiger partial charge in [-0.15, -0.1) is 0 Å². The molecular formula is C13H17BrN2O2S. The predicted octanol–water partition coefficient (Wildman–Crippen LogP) is 2.56. The summed E-state index contributed by atoms with van der Waals surface area (Å²) in [6.45, 7) is 0.574. The number of aromatic nitrogens is 1. The lowest BCUT2D eigenvalue weighted by Crippen LogP contribution is -2.31. The van der Waals surface area contributed by atoms with Crippen LogP contribution in [0, 0.1) is 17.8 Å². The molecular weight excluding hydrogens is 328 g/mol. The lowest BCUT2D eigenvalue weighted by molar-refractivity contribution is 0.401. The molecule has 2 saturated carbocycles. The SMILES string of the molecule is O=S(=O)(NCC(C1CC1)C1CC1)c1cncc(Br)c1. The van der Waals surface area contributed by atoms with Gasteiger partial charge in [-0.3, -0.25) is 4.98 Å². The van der Waals surface area contributed by atoms with Crippen LogP contribution in [0.15, 0.2) is 27.8 Å². The van der Waals surface area contributed by atoms with Crippen LogP contribution in [-0.4, -0.2) is 19.9 Å². The van der Waals surface area contributed by atoms with Crippen LogP contribution in [-0.2, 0) is 10.0 Å². The molecule has 2 aliphatic rings. The van der Waals surface area contributed by atoms with E-state index in [1.807, 2.05) is 0 Å². The second-order valence-electron chi connectivity index (χ2n) is 5.53. The standard InChI is InChI=1S/C13H17BrN2O2S/c14-11-5-12(7-15-6-11)19(17,18)16-8-13(9-1-2-9)10-3-4-10/h5-7,9-10,13,16H,1-4,8H2. The second-order valence-corrected chi connectivity index (χ2v) is 8.21. The fourth-order valence-electron chi connectivity index (χ4n) is 2.60. The summed E-state index contributed by atoms with van der Waals surface area (Å²) in [5.41, 5.74) is 0. The van der Waals surface area contributed by atoms with Gasteiger partial charge in [-0.05, 0) is 65.4 Å². The van der Waals surface area contributed by atoms with E-state index in [0.717, 1.165) is 11.8 Å². The van der Waals surface area contributed by atoms with Gasteiger partial charge in [0.25, 0.3) is 0 Å². The molecule has 0 unspecified atom stereocenters. The maximum Gasteiger partial charge on any atom is 0.242 e. The maximum atomic E-state index is 12.2. The highest BCUT2D eigenvalue weighted by atomic mass is 79.9. The van der Waals surface area contributed by atoms with Crippen LogP contribution in [0.4, 0.5) is 0 Å². The number of hydrogen-bond acceptors (Lipinski definition) is 3. The Labute approximate surface area is 122 Å². The van der Waals surface area contributed by atoms with E-state index in [0.29, 0.717) is 16.9 Å². The van der Waals surface area contributed by atoms with Gasteiger partial charge in [0.1, 0.15) is 4.90 Å². The van der Waals surface area contributed by atoms with Crippen molar-refractivity contribution in [2.75, 3.05) is 6.54 Å². The van der Waals surface area contributed by atoms with E-state index < -0.39 is 10.0 Å². The Morgan fingerprint density at radius 2 is 1.89 bits per heavy atom. The third kappa shape index (κ3) is 3.35. The van der Waals surface area contributed by atoms with Crippen LogP contribution in [0.25, 0.3) is 0 Å². The van der Waals surface area contributed by atoms with Gasteiger partial charge >= 0.3 is 0 Å². The molecule has 4 nitrogen and oxygen atoms in total. The summed E-state index contributed by atoms with van der Waals surface area (Å²) in [7, 11) is -3.43. The molecule has 1 aromatic heterocycles. The molecule has 0 radical (unpaired) electrons. The van der Waals surface area contributed by atoms with Crippen LogP contribution in [0.2, 0.25) is 0 Å². The third-order valence-electron chi connectivity index (χ3n) is 3.95. The minimum Gasteiger partial charge on any atom is -0.262 e. The zero-order valence-electron chi connectivity index (χ0n) is 10.5. The van der Waals surface area contributed by atoms with Crippen LogP contribution in [0.3, 0.4) is 0 Å². The average molecular weight is 345 g/mol. The van der Waals surface area contributed by atoms with Crippen molar-refractivity contribution in [1.82, 2.24) is 9.71 Å². The number of hydrogen-bond donors (Lipinski definition) is 1. The van der Waals surface area contributed by atoms with E-state index in [1.54, 1.807) is 12.3 Å². The molecule has 1 N–H and O–H groups in total. The Bertz CT molecular complexity index is 556. The third-order valence-corrected chi connectivity index (χ3v) is 5.78. The molecule has 6 heteroatoms. The highest BCUT2D eigenvalue weighted by molar-refractivity contribution is 9.10. The van der Waals surface area contributed by atoms with Crippen molar-refractivity contribution < 1.29 is 8.42 Å². The molecule has 0 amide bonds. The molecule has 0 bridgehead atoms. The second kappa shape index (κ2) is 5.14. The van der Waals surface area contributed by atoms with Crippen molar-refractivity contribution in [3.63, 3.8) is 0 Å². The van der Waals surface area contributed by atoms with Crippen molar-refractivity contribution in [3.8, 4) is 0 Å². The molecule has 1 heterocycles. The summed E-state index contributed by atoms with van der Waals surface area (Å²) in [6, 6.07) is 1.58. The highest BCUT2D eigenvalue weighted by Gasteiger charge is 2.41. The number of pyridine rings is 1. The molecule has 0 aliphatic heterocycles. The quantitative estimate of drug-likeness (QED) is 0.862. The molecule has 19 heavy (non-hydrogen) atoms. The molecule has 2 aliphatic carbocycles. The Morgan fingerprint density at radius 3 is 2.42 bits per heavy atom. The van der Waals surface area contributed by atoms with E-state index in [9.17, 15) is 8.42 Å². The minimum atomic E-state index is -3.43. The van der Waals surface area contributed by atoms with Gasteiger partial charge in [0.05, 0.1) is 0 Å². The smallest absolute Gasteiger partial charge is 0.242 e. The van der Waals surface area contributed by atoms with Gasteiger partial charge in [0, 0.05) is 23.4 Å². The largest absolute Gasteiger partial charge is 0.262 e. The van der Waals surface area contributed by atoms with E-state index in [4.69, 9.17) is 0 Å². The first kappa shape index (κ1) is 13.5. The van der Waals surface area contributed by atoms with Crippen LogP contribution >= 0.6 is 15.9 Å². The molecule has 0 atom stereocenters. The summed E-state index contributed by atoms with van der Waals surface area (Å²) in [4.78, 5) is 4.14. The minimum absolute atomic E-state index is 0.229. The molecule has 0 aromatic carbocycles. The van der Waals surface area contributed by atoms with Gasteiger partial charge in [-0.1, -0.05) is 0 Å². The number of rotatable bonds is 6. The zero-order chi connectivity index (χ0) is 13.5. The van der Waals surface area contributed by atoms with Gasteiger partial charge < -0.3 is 0 Å². The first-order valence-corrected chi connectivity index (χ1v) is 8.94. The summed E-state index contributed by atoms with van der Waals surface area (Å²) < 4.78 is 27.8. The lowest BCUT2D eigenvalue weighted by atomic mass is 9.99. The van der Waals surface area contributed by atoms with Gasteiger partial charge in [0.15, 0.2) is 0 Å². The van der Waals surface area contributed by atoms with E-state index in [1.165, 1.54) is 31.9 Å². The Hall–Kier alpha value is -0.460. The van der Waals surface area contributed by atoms with Gasteiger partial charge in [-0.25, -0.2) is 13.1 Å². The number of nitrogens with zero attached hydrogens (tertiary/aromatic N) is 1. The summed E-state index contributed by atoms with van der Waals surface area (Å²) in [6.07, 6.45) is 8.03. The number of nitrogens with one attached hydrogen (secondary N) is 1. The van der Waals surface area contributed by atoms with E-state index in [2.05, 4.69) is 25.6 Å². The zero-order valence-corrected chi connectivity index (χ0v) is 13.0. The molecule has 0 spiro atoms. The maximum absolute atomic E-state index is 12.2. The summed E-state index contributed by atoms with van der Waals surface area (Å²) in [5, 5.41) is 0. The van der Waals surface area contributed by atoms with E-state index >= 15 is 0 Å². The first-order chi connectivity index (χ1) is 9.06. The average Bonchev–Trinajstić information content (AvgIpc) is 3.23. The van der Waals surface area contributed by atoms with Crippen molar-refractivity contribution in [2.45, 2.75) is 30.6 Å². The highest BCUT2D eigenvalue weighted by Crippen LogP contribution is 2.48. The lowest BCUT2D eigenvalue weighted by Gasteiger charge is -2.16. The summed E-state index contributed by atoms with van der Waals surface area (Å²) in [5.74, 6) is 2.03. The van der Waals surface area contributed by atoms with Crippen LogP contribution < -0.4 is 4.72 Å². The van der Waals surface area contributed by atoms with Crippen LogP contribution in [0.5, 0.6) is 0 Å². The van der Waals surface area contributed by atoms with Crippen molar-refractivity contribution in [2.24, 2.45) is 17.8 Å².